The molecule has 0 radical (unpaired) electrons. The molecule has 1 aromatic rings. The van der Waals surface area contributed by atoms with Crippen LogP contribution < -0.4 is 5.32 Å². The maximum atomic E-state index is 11.8. The highest BCUT2D eigenvalue weighted by Crippen LogP contribution is 2.20. The van der Waals surface area contributed by atoms with Gasteiger partial charge < -0.3 is 10.1 Å². The van der Waals surface area contributed by atoms with Crippen molar-refractivity contribution in [2.75, 3.05) is 13.7 Å². The Hall–Kier alpha value is -0.530. The number of ether oxygens (including phenoxy) is 1. The third kappa shape index (κ3) is 4.29. The molecule has 1 atom stereocenters. The monoisotopic (exact) mass is 401 g/mol. The summed E-state index contributed by atoms with van der Waals surface area (Å²) in [5.41, 5.74) is 0.314. The van der Waals surface area contributed by atoms with Crippen LogP contribution in [0.25, 0.3) is 0 Å². The van der Waals surface area contributed by atoms with Crippen LogP contribution in [0, 0.1) is 0 Å². The van der Waals surface area contributed by atoms with E-state index in [1.165, 1.54) is 19.2 Å². The molecule has 1 N–H and O–H groups in total. The van der Waals surface area contributed by atoms with Crippen molar-refractivity contribution >= 4 is 57.7 Å². The van der Waals surface area contributed by atoms with Gasteiger partial charge in [-0.15, -0.1) is 0 Å². The Kier molecular flexibility index (Phi) is 6.17. The number of rotatable bonds is 4. The number of hydrogen-bond acceptors (Lipinski definition) is 3. The Bertz CT molecular complexity index is 468. The van der Waals surface area contributed by atoms with E-state index in [1.54, 1.807) is 6.07 Å². The molecule has 4 nitrogen and oxygen atoms in total. The SMILES string of the molecule is COC(=O)C(I)CNC(=O)c1ccc(Cl)cc1Cl. The predicted molar refractivity (Wildman–Crippen MR) is 78.6 cm³/mol. The molecule has 1 aromatic carbocycles. The lowest BCUT2D eigenvalue weighted by Crippen LogP contribution is -2.33. The fourth-order valence-corrected chi connectivity index (χ4v) is 2.13. The zero-order valence-electron chi connectivity index (χ0n) is 9.38. The molecule has 0 fully saturated rings. The van der Waals surface area contributed by atoms with Gasteiger partial charge in [0.05, 0.1) is 17.7 Å². The molecular formula is C11H10Cl2INO3. The number of amides is 1. The Morgan fingerprint density at radius 2 is 2.11 bits per heavy atom. The standard InChI is InChI=1S/C11H10Cl2INO3/c1-18-11(17)9(14)5-15-10(16)7-3-2-6(12)4-8(7)13/h2-4,9H,5H2,1H3,(H,15,16). The van der Waals surface area contributed by atoms with Gasteiger partial charge in [0.2, 0.25) is 0 Å². The van der Waals surface area contributed by atoms with E-state index >= 15 is 0 Å². The lowest BCUT2D eigenvalue weighted by atomic mass is 10.2. The summed E-state index contributed by atoms with van der Waals surface area (Å²) >= 11 is 13.5. The predicted octanol–water partition coefficient (Wildman–Crippen LogP) is 2.70. The molecule has 0 aromatic heterocycles. The maximum absolute atomic E-state index is 11.8. The summed E-state index contributed by atoms with van der Waals surface area (Å²) in [4.78, 5) is 22.9. The Labute approximate surface area is 128 Å². The normalized spacial score (nSPS) is 11.8. The van der Waals surface area contributed by atoms with E-state index in [0.717, 1.165) is 0 Å². The van der Waals surface area contributed by atoms with E-state index < -0.39 is 9.89 Å². The van der Waals surface area contributed by atoms with E-state index in [0.29, 0.717) is 10.6 Å². The molecular weight excluding hydrogens is 392 g/mol. The average Bonchev–Trinajstić information content (AvgIpc) is 2.34. The second kappa shape index (κ2) is 7.16. The second-order valence-corrected chi connectivity index (χ2v) is 5.67. The highest BCUT2D eigenvalue weighted by Gasteiger charge is 2.17. The molecule has 0 saturated carbocycles. The van der Waals surface area contributed by atoms with Crippen LogP contribution >= 0.6 is 45.8 Å². The maximum Gasteiger partial charge on any atom is 0.320 e. The van der Waals surface area contributed by atoms with Crippen LogP contribution in [-0.2, 0) is 9.53 Å². The molecule has 0 aliphatic heterocycles. The average molecular weight is 402 g/mol. The Balaban J connectivity index is 2.63. The first-order valence-electron chi connectivity index (χ1n) is 4.91. The minimum absolute atomic E-state index is 0.172. The summed E-state index contributed by atoms with van der Waals surface area (Å²) in [6.45, 7) is 0.172. The molecule has 0 heterocycles. The number of carbonyl (C=O) groups excluding carboxylic acids is 2. The van der Waals surface area contributed by atoms with Crippen molar-refractivity contribution in [3.63, 3.8) is 0 Å². The lowest BCUT2D eigenvalue weighted by Gasteiger charge is -2.10. The molecule has 1 unspecified atom stereocenters. The van der Waals surface area contributed by atoms with Gasteiger partial charge in [0.15, 0.2) is 0 Å². The smallest absolute Gasteiger partial charge is 0.320 e. The van der Waals surface area contributed by atoms with Crippen LogP contribution in [0.4, 0.5) is 0 Å². The Morgan fingerprint density at radius 1 is 1.44 bits per heavy atom. The van der Waals surface area contributed by atoms with Crippen molar-refractivity contribution in [1.82, 2.24) is 5.32 Å². The topological polar surface area (TPSA) is 55.4 Å². The van der Waals surface area contributed by atoms with Crippen LogP contribution in [-0.4, -0.2) is 29.5 Å². The van der Waals surface area contributed by atoms with Gasteiger partial charge in [-0.05, 0) is 18.2 Å². The zero-order chi connectivity index (χ0) is 13.7. The minimum atomic E-state index is -0.442. The van der Waals surface area contributed by atoms with Crippen LogP contribution in [0.3, 0.4) is 0 Å². The molecule has 0 spiro atoms. The summed E-state index contributed by atoms with van der Waals surface area (Å²) in [6.07, 6.45) is 0. The second-order valence-electron chi connectivity index (χ2n) is 3.32. The minimum Gasteiger partial charge on any atom is -0.468 e. The molecule has 1 rings (SSSR count). The molecule has 0 aliphatic rings. The third-order valence-electron chi connectivity index (χ3n) is 2.07. The van der Waals surface area contributed by atoms with Crippen LogP contribution in [0.15, 0.2) is 18.2 Å². The van der Waals surface area contributed by atoms with Crippen molar-refractivity contribution in [2.24, 2.45) is 0 Å². The van der Waals surface area contributed by atoms with Crippen molar-refractivity contribution in [3.8, 4) is 0 Å². The molecule has 98 valence electrons. The van der Waals surface area contributed by atoms with E-state index in [1.807, 2.05) is 22.6 Å². The van der Waals surface area contributed by atoms with Gasteiger partial charge in [0.25, 0.3) is 5.91 Å². The summed E-state index contributed by atoms with van der Waals surface area (Å²) in [5.74, 6) is -0.750. The van der Waals surface area contributed by atoms with Gasteiger partial charge >= 0.3 is 5.97 Å². The van der Waals surface area contributed by atoms with E-state index in [2.05, 4.69) is 10.1 Å². The van der Waals surface area contributed by atoms with Crippen molar-refractivity contribution in [2.45, 2.75) is 3.92 Å². The van der Waals surface area contributed by atoms with Crippen molar-refractivity contribution in [3.05, 3.63) is 33.8 Å². The fraction of sp³-hybridized carbons (Fsp3) is 0.273. The van der Waals surface area contributed by atoms with E-state index in [-0.39, 0.29) is 17.5 Å². The summed E-state index contributed by atoms with van der Waals surface area (Å²) < 4.78 is 4.11. The first-order chi connectivity index (χ1) is 8.45. The van der Waals surface area contributed by atoms with Gasteiger partial charge in [0.1, 0.15) is 3.92 Å². The number of methoxy groups -OCH3 is 1. The van der Waals surface area contributed by atoms with Crippen LogP contribution in [0.2, 0.25) is 10.0 Å². The number of benzene rings is 1. The third-order valence-corrected chi connectivity index (χ3v) is 3.57. The van der Waals surface area contributed by atoms with E-state index in [4.69, 9.17) is 23.2 Å². The first kappa shape index (κ1) is 15.5. The van der Waals surface area contributed by atoms with Gasteiger partial charge in [0, 0.05) is 11.6 Å². The summed E-state index contributed by atoms with van der Waals surface area (Å²) in [5, 5.41) is 3.32. The summed E-state index contributed by atoms with van der Waals surface area (Å²) in [6, 6.07) is 4.59. The first-order valence-corrected chi connectivity index (χ1v) is 6.91. The number of halogens is 3. The summed E-state index contributed by atoms with van der Waals surface area (Å²) in [7, 11) is 1.30. The van der Waals surface area contributed by atoms with Crippen molar-refractivity contribution in [1.29, 1.82) is 0 Å². The largest absolute Gasteiger partial charge is 0.468 e. The number of alkyl halides is 1. The highest BCUT2D eigenvalue weighted by molar-refractivity contribution is 14.1. The molecule has 1 amide bonds. The number of hydrogen-bond donors (Lipinski definition) is 1. The molecule has 0 saturated heterocycles. The highest BCUT2D eigenvalue weighted by atomic mass is 127. The molecule has 0 aliphatic carbocycles. The zero-order valence-corrected chi connectivity index (χ0v) is 13.0. The van der Waals surface area contributed by atoms with E-state index in [9.17, 15) is 9.59 Å². The number of carbonyl (C=O) groups is 2. The molecule has 0 bridgehead atoms. The fourth-order valence-electron chi connectivity index (χ4n) is 1.16. The van der Waals surface area contributed by atoms with Gasteiger partial charge in [-0.25, -0.2) is 0 Å². The van der Waals surface area contributed by atoms with Gasteiger partial charge in [-0.3, -0.25) is 9.59 Å². The molecule has 18 heavy (non-hydrogen) atoms. The number of nitrogens with one attached hydrogen (secondary N) is 1. The number of esters is 1. The van der Waals surface area contributed by atoms with Gasteiger partial charge in [-0.2, -0.15) is 0 Å². The quantitative estimate of drug-likeness (QED) is 0.479. The molecule has 7 heteroatoms. The van der Waals surface area contributed by atoms with Crippen LogP contribution in [0.5, 0.6) is 0 Å². The Morgan fingerprint density at radius 3 is 2.67 bits per heavy atom. The van der Waals surface area contributed by atoms with Crippen molar-refractivity contribution < 1.29 is 14.3 Å². The van der Waals surface area contributed by atoms with Gasteiger partial charge in [-0.1, -0.05) is 45.8 Å². The van der Waals surface area contributed by atoms with Crippen LogP contribution in [0.1, 0.15) is 10.4 Å². The lowest BCUT2D eigenvalue weighted by molar-refractivity contribution is -0.139.